The molecule has 3 rings (SSSR count). The largest absolute Gasteiger partial charge is 0.491 e. The summed E-state index contributed by atoms with van der Waals surface area (Å²) in [4.78, 5) is 0.899. The molecule has 3 aromatic rings. The van der Waals surface area contributed by atoms with Crippen LogP contribution in [0.2, 0.25) is 0 Å². The van der Waals surface area contributed by atoms with Gasteiger partial charge in [-0.15, -0.1) is 0 Å². The molecule has 1 unspecified atom stereocenters. The molecule has 3 aromatic carbocycles. The lowest BCUT2D eigenvalue weighted by Crippen LogP contribution is -2.26. The minimum absolute atomic E-state index is 0.0272. The fourth-order valence-electron chi connectivity index (χ4n) is 4.25. The average Bonchev–Trinajstić information content (AvgIpc) is 2.95. The van der Waals surface area contributed by atoms with Crippen molar-refractivity contribution in [2.45, 2.75) is 53.1 Å². The van der Waals surface area contributed by atoms with E-state index in [1.54, 1.807) is 0 Å². The van der Waals surface area contributed by atoms with Crippen molar-refractivity contribution in [3.8, 4) is 5.75 Å². The van der Waals surface area contributed by atoms with Gasteiger partial charge in [-0.3, -0.25) is 0 Å². The molecular formula is C28H27F9N2O. The molecule has 2 N–H and O–H groups in total. The molecule has 0 aliphatic heterocycles. The van der Waals surface area contributed by atoms with Gasteiger partial charge in [-0.2, -0.15) is 0 Å². The molecule has 0 bridgehead atoms. The van der Waals surface area contributed by atoms with Crippen LogP contribution in [-0.4, -0.2) is 6.61 Å². The van der Waals surface area contributed by atoms with Crippen LogP contribution in [-0.2, 0) is 13.1 Å². The Hall–Kier alpha value is -3.57. The number of rotatable bonds is 11. The fourth-order valence-corrected chi connectivity index (χ4v) is 4.25. The summed E-state index contributed by atoms with van der Waals surface area (Å²) in [7, 11) is 0. The standard InChI is InChI=1S/C28H27F9N2O/c1-4-6-14(5-2)12-40-19-9-15(7-8-18(19)38)39(10-16-13(3)20(29)24(33)25(34)21(16)30)11-17-22(31)26(35)28(37)27(36)23(17)32/h7-9,14H,4-6,10-12,38H2,1-3H3. The van der Waals surface area contributed by atoms with Crippen LogP contribution in [0.5, 0.6) is 5.75 Å². The normalized spacial score (nSPS) is 12.1. The third-order valence-electron chi connectivity index (χ3n) is 6.73. The summed E-state index contributed by atoms with van der Waals surface area (Å²) >= 11 is 0. The van der Waals surface area contributed by atoms with Gasteiger partial charge in [-0.1, -0.05) is 26.7 Å². The summed E-state index contributed by atoms with van der Waals surface area (Å²) in [5.74, 6) is -18.5. The first-order valence-corrected chi connectivity index (χ1v) is 12.4. The van der Waals surface area contributed by atoms with Crippen molar-refractivity contribution >= 4 is 11.4 Å². The van der Waals surface area contributed by atoms with Crippen LogP contribution in [0.4, 0.5) is 50.9 Å². The number of ether oxygens (including phenoxy) is 1. The molecular weight excluding hydrogens is 551 g/mol. The monoisotopic (exact) mass is 578 g/mol. The van der Waals surface area contributed by atoms with Crippen molar-refractivity contribution in [2.24, 2.45) is 5.92 Å². The number of halogens is 9. The number of nitrogens with zero attached hydrogens (tertiary/aromatic N) is 1. The van der Waals surface area contributed by atoms with Crippen LogP contribution < -0.4 is 15.4 Å². The second-order valence-electron chi connectivity index (χ2n) is 9.36. The number of benzene rings is 3. The second-order valence-corrected chi connectivity index (χ2v) is 9.36. The molecule has 0 saturated carbocycles. The lowest BCUT2D eigenvalue weighted by atomic mass is 10.0. The van der Waals surface area contributed by atoms with E-state index in [2.05, 4.69) is 0 Å². The first kappa shape index (κ1) is 31.0. The van der Waals surface area contributed by atoms with E-state index in [4.69, 9.17) is 10.5 Å². The van der Waals surface area contributed by atoms with Crippen LogP contribution >= 0.6 is 0 Å². The highest BCUT2D eigenvalue weighted by atomic mass is 19.2. The summed E-state index contributed by atoms with van der Waals surface area (Å²) in [6, 6.07) is 3.89. The molecule has 0 saturated heterocycles. The van der Waals surface area contributed by atoms with Gasteiger partial charge in [0.25, 0.3) is 0 Å². The highest BCUT2D eigenvalue weighted by molar-refractivity contribution is 5.63. The molecule has 218 valence electrons. The molecule has 0 heterocycles. The van der Waals surface area contributed by atoms with Crippen molar-refractivity contribution in [1.82, 2.24) is 0 Å². The molecule has 3 nitrogen and oxygen atoms in total. The van der Waals surface area contributed by atoms with E-state index < -0.39 is 82.1 Å². The first-order chi connectivity index (χ1) is 18.8. The van der Waals surface area contributed by atoms with Crippen LogP contribution in [0.25, 0.3) is 0 Å². The van der Waals surface area contributed by atoms with Crippen molar-refractivity contribution in [3.05, 3.63) is 87.2 Å². The van der Waals surface area contributed by atoms with Gasteiger partial charge in [0, 0.05) is 36.0 Å². The zero-order valence-electron chi connectivity index (χ0n) is 21.9. The molecule has 0 aliphatic carbocycles. The molecule has 12 heteroatoms. The average molecular weight is 579 g/mol. The minimum atomic E-state index is -2.38. The molecule has 0 aromatic heterocycles. The Kier molecular flexibility index (Phi) is 9.86. The van der Waals surface area contributed by atoms with Gasteiger partial charge in [0.1, 0.15) is 5.75 Å². The lowest BCUT2D eigenvalue weighted by Gasteiger charge is -2.28. The van der Waals surface area contributed by atoms with Crippen LogP contribution in [0.15, 0.2) is 18.2 Å². The highest BCUT2D eigenvalue weighted by Crippen LogP contribution is 2.34. The van der Waals surface area contributed by atoms with E-state index in [1.807, 2.05) is 13.8 Å². The number of hydrogen-bond donors (Lipinski definition) is 1. The molecule has 0 aliphatic rings. The second kappa shape index (κ2) is 12.7. The van der Waals surface area contributed by atoms with Crippen LogP contribution in [0, 0.1) is 65.2 Å². The van der Waals surface area contributed by atoms with E-state index >= 15 is 0 Å². The Morgan fingerprint density at radius 1 is 0.725 bits per heavy atom. The smallest absolute Gasteiger partial charge is 0.200 e. The highest BCUT2D eigenvalue weighted by Gasteiger charge is 2.29. The molecule has 0 radical (unpaired) electrons. The number of nitrogens with two attached hydrogens (primary N) is 1. The lowest BCUT2D eigenvalue weighted by molar-refractivity contribution is 0.236. The summed E-state index contributed by atoms with van der Waals surface area (Å²) in [5, 5.41) is 0. The molecule has 40 heavy (non-hydrogen) atoms. The summed E-state index contributed by atoms with van der Waals surface area (Å²) in [5.41, 5.74) is 3.43. The topological polar surface area (TPSA) is 38.5 Å². The predicted molar refractivity (Wildman–Crippen MR) is 132 cm³/mol. The van der Waals surface area contributed by atoms with Gasteiger partial charge < -0.3 is 15.4 Å². The Balaban J connectivity index is 2.14. The predicted octanol–water partition coefficient (Wildman–Crippen LogP) is 8.24. The fraction of sp³-hybridized carbons (Fsp3) is 0.357. The van der Waals surface area contributed by atoms with Crippen molar-refractivity contribution < 1.29 is 44.3 Å². The Labute approximate surface area is 225 Å². The third kappa shape index (κ3) is 6.10. The zero-order chi connectivity index (χ0) is 29.9. The maximum absolute atomic E-state index is 14.8. The van der Waals surface area contributed by atoms with E-state index in [0.29, 0.717) is 0 Å². The van der Waals surface area contributed by atoms with Crippen LogP contribution in [0.1, 0.15) is 49.8 Å². The van der Waals surface area contributed by atoms with Crippen molar-refractivity contribution in [3.63, 3.8) is 0 Å². The van der Waals surface area contributed by atoms with Gasteiger partial charge in [0.2, 0.25) is 5.82 Å². The minimum Gasteiger partial charge on any atom is -0.491 e. The van der Waals surface area contributed by atoms with Gasteiger partial charge in [-0.05, 0) is 37.0 Å². The number of anilines is 2. The van der Waals surface area contributed by atoms with Crippen molar-refractivity contribution in [2.75, 3.05) is 17.2 Å². The van der Waals surface area contributed by atoms with E-state index in [-0.39, 0.29) is 29.6 Å². The first-order valence-electron chi connectivity index (χ1n) is 12.4. The van der Waals surface area contributed by atoms with Gasteiger partial charge in [0.05, 0.1) is 12.3 Å². The maximum atomic E-state index is 14.8. The Bertz CT molecular complexity index is 1270. The SMILES string of the molecule is CCCC(CC)COc1cc(N(Cc2c(C)c(F)c(F)c(F)c2F)Cc2c(F)c(F)c(F)c(F)c2F)ccc1N. The third-order valence-corrected chi connectivity index (χ3v) is 6.73. The Morgan fingerprint density at radius 2 is 1.23 bits per heavy atom. The number of nitrogen functional groups attached to an aromatic ring is 1. The van der Waals surface area contributed by atoms with E-state index in [0.717, 1.165) is 31.1 Å². The quantitative estimate of drug-likeness (QED) is 0.108. The van der Waals surface area contributed by atoms with Gasteiger partial charge in [0.15, 0.2) is 46.5 Å². The summed E-state index contributed by atoms with van der Waals surface area (Å²) in [6.45, 7) is 3.23. The van der Waals surface area contributed by atoms with Crippen molar-refractivity contribution in [1.29, 1.82) is 0 Å². The van der Waals surface area contributed by atoms with Gasteiger partial charge >= 0.3 is 0 Å². The molecule has 0 amide bonds. The van der Waals surface area contributed by atoms with Gasteiger partial charge in [-0.25, -0.2) is 39.5 Å². The summed E-state index contributed by atoms with van der Waals surface area (Å²) in [6.07, 6.45) is 2.53. The van der Waals surface area contributed by atoms with Crippen LogP contribution in [0.3, 0.4) is 0 Å². The Morgan fingerprint density at radius 3 is 1.77 bits per heavy atom. The summed E-state index contributed by atoms with van der Waals surface area (Å²) < 4.78 is 133. The molecule has 0 fully saturated rings. The number of hydrogen-bond acceptors (Lipinski definition) is 3. The zero-order valence-corrected chi connectivity index (χ0v) is 21.9. The maximum Gasteiger partial charge on any atom is 0.200 e. The van der Waals surface area contributed by atoms with E-state index in [9.17, 15) is 39.5 Å². The molecule has 1 atom stereocenters. The molecule has 0 spiro atoms. The van der Waals surface area contributed by atoms with E-state index in [1.165, 1.54) is 18.2 Å².